The first-order chi connectivity index (χ1) is 27.8. The highest BCUT2D eigenvalue weighted by Gasteiger charge is 2.54. The number of rotatable bonds is 15. The van der Waals surface area contributed by atoms with E-state index < -0.39 is 27.2 Å². The van der Waals surface area contributed by atoms with Gasteiger partial charge in [0.15, 0.2) is 5.67 Å². The third-order valence-electron chi connectivity index (χ3n) is 13.0. The number of carbonyl (C=O) groups excluding carboxylic acids is 2. The number of esters is 1. The molecule has 0 spiro atoms. The van der Waals surface area contributed by atoms with E-state index in [4.69, 9.17) is 9.47 Å². The Hall–Kier alpha value is -4.40. The second-order valence-corrected chi connectivity index (χ2v) is 18.5. The number of benzene rings is 3. The zero-order valence-electron chi connectivity index (χ0n) is 33.2. The molecule has 3 aliphatic heterocycles. The van der Waals surface area contributed by atoms with Crippen molar-refractivity contribution in [1.82, 2.24) is 9.80 Å². The van der Waals surface area contributed by atoms with Crippen molar-refractivity contribution in [3.8, 4) is 5.75 Å². The minimum absolute atomic E-state index is 0.0440. The second kappa shape index (κ2) is 17.1. The number of piperidine rings is 1. The van der Waals surface area contributed by atoms with E-state index >= 15 is 13.2 Å². The summed E-state index contributed by atoms with van der Waals surface area (Å²) in [5.74, 6) is -1.14. The largest absolute Gasteiger partial charge is 0.497 e. The van der Waals surface area contributed by atoms with Crippen molar-refractivity contribution < 1.29 is 40.7 Å². The number of hydrogen-bond donors (Lipinski definition) is 1. The Labute approximate surface area is 339 Å². The van der Waals surface area contributed by atoms with Crippen LogP contribution in [0.1, 0.15) is 50.5 Å². The van der Waals surface area contributed by atoms with Gasteiger partial charge in [-0.05, 0) is 130 Å². The molecule has 1 N–H and O–H groups in total. The first-order valence-corrected chi connectivity index (χ1v) is 21.6. The van der Waals surface area contributed by atoms with Gasteiger partial charge in [0.2, 0.25) is 15.7 Å². The van der Waals surface area contributed by atoms with Crippen molar-refractivity contribution in [2.45, 2.75) is 65.8 Å². The lowest BCUT2D eigenvalue weighted by Gasteiger charge is -2.54. The predicted molar refractivity (Wildman–Crippen MR) is 215 cm³/mol. The van der Waals surface area contributed by atoms with Crippen LogP contribution >= 0.6 is 0 Å². The van der Waals surface area contributed by atoms with Crippen molar-refractivity contribution in [2.24, 2.45) is 17.8 Å². The molecule has 14 heteroatoms. The van der Waals surface area contributed by atoms with E-state index in [-0.39, 0.29) is 81.5 Å². The molecule has 0 bridgehead atoms. The maximum absolute atomic E-state index is 16.3. The van der Waals surface area contributed by atoms with Gasteiger partial charge in [-0.3, -0.25) is 14.5 Å². The van der Waals surface area contributed by atoms with Crippen LogP contribution in [0.5, 0.6) is 5.75 Å². The van der Waals surface area contributed by atoms with Gasteiger partial charge in [0, 0.05) is 36.7 Å². The van der Waals surface area contributed by atoms with Crippen LogP contribution in [0.25, 0.3) is 0 Å². The second-order valence-electron chi connectivity index (χ2n) is 16.5. The van der Waals surface area contributed by atoms with Crippen molar-refractivity contribution >= 4 is 33.1 Å². The number of alkyl halides is 1. The van der Waals surface area contributed by atoms with E-state index in [1.165, 1.54) is 50.6 Å². The zero-order chi connectivity index (χ0) is 41.2. The van der Waals surface area contributed by atoms with E-state index in [1.54, 1.807) is 17.0 Å². The predicted octanol–water partition coefficient (Wildman–Crippen LogP) is 6.79. The molecule has 312 valence electrons. The van der Waals surface area contributed by atoms with Gasteiger partial charge in [0.1, 0.15) is 17.4 Å². The summed E-state index contributed by atoms with van der Waals surface area (Å²) in [7, 11) is -1.44. The molecular formula is C44H53F3N4O6S. The highest BCUT2D eigenvalue weighted by Crippen LogP contribution is 2.54. The average molecular weight is 823 g/mol. The van der Waals surface area contributed by atoms with Gasteiger partial charge in [-0.15, -0.1) is 0 Å². The van der Waals surface area contributed by atoms with Gasteiger partial charge in [-0.25, -0.2) is 21.6 Å². The van der Waals surface area contributed by atoms with Crippen LogP contribution in [0, 0.1) is 29.4 Å². The van der Waals surface area contributed by atoms with Gasteiger partial charge in [-0.1, -0.05) is 25.1 Å². The van der Waals surface area contributed by atoms with Crippen molar-refractivity contribution in [2.75, 3.05) is 76.8 Å². The molecule has 3 saturated heterocycles. The van der Waals surface area contributed by atoms with Crippen LogP contribution in [0.15, 0.2) is 83.1 Å². The average Bonchev–Trinajstić information content (AvgIpc) is 3.65. The molecule has 58 heavy (non-hydrogen) atoms. The molecule has 0 radical (unpaired) electrons. The quantitative estimate of drug-likeness (QED) is 0.131. The molecule has 10 nitrogen and oxygen atoms in total. The van der Waals surface area contributed by atoms with E-state index in [0.717, 1.165) is 75.9 Å². The molecule has 1 aliphatic carbocycles. The molecule has 1 saturated carbocycles. The molecule has 7 rings (SSSR count). The molecule has 4 aliphatic rings. The Morgan fingerprint density at radius 3 is 2.33 bits per heavy atom. The van der Waals surface area contributed by atoms with Gasteiger partial charge in [0.05, 0.1) is 42.8 Å². The summed E-state index contributed by atoms with van der Waals surface area (Å²) in [4.78, 5) is 30.2. The SMILES string of the molecule is C=CC(=O)Nc1cc(OC)cc(S(=O)(=O)c2ccc(N3CC(F)(CN4CCC([C@@](CN5CCC5)(c5cccc(F)c5)[C@H]5CCC[C@@H]5CC(=O)OC)CC4)C3)c(F)c2)c1. The van der Waals surface area contributed by atoms with E-state index in [9.17, 15) is 18.0 Å². The lowest BCUT2D eigenvalue weighted by atomic mass is 9.56. The number of ether oxygens (including phenoxy) is 2. The fraction of sp³-hybridized carbons (Fsp3) is 0.500. The number of likely N-dealkylation sites (tertiary alicyclic amines) is 2. The fourth-order valence-electron chi connectivity index (χ4n) is 10.1. The number of amides is 1. The third-order valence-corrected chi connectivity index (χ3v) is 14.7. The lowest BCUT2D eigenvalue weighted by molar-refractivity contribution is -0.142. The van der Waals surface area contributed by atoms with Crippen LogP contribution in [-0.2, 0) is 29.6 Å². The van der Waals surface area contributed by atoms with Crippen LogP contribution in [0.2, 0.25) is 0 Å². The maximum Gasteiger partial charge on any atom is 0.305 e. The van der Waals surface area contributed by atoms with Crippen molar-refractivity contribution in [1.29, 1.82) is 0 Å². The molecule has 0 aromatic heterocycles. The van der Waals surface area contributed by atoms with Crippen LogP contribution in [0.3, 0.4) is 0 Å². The highest BCUT2D eigenvalue weighted by atomic mass is 32.2. The Morgan fingerprint density at radius 1 is 0.931 bits per heavy atom. The minimum atomic E-state index is -4.23. The van der Waals surface area contributed by atoms with Gasteiger partial charge in [0.25, 0.3) is 0 Å². The molecular weight excluding hydrogens is 770 g/mol. The normalized spacial score (nSPS) is 22.3. The number of nitrogens with one attached hydrogen (secondary N) is 1. The van der Waals surface area contributed by atoms with Gasteiger partial charge < -0.3 is 24.6 Å². The number of nitrogens with zero attached hydrogens (tertiary/aromatic N) is 3. The van der Waals surface area contributed by atoms with E-state index in [2.05, 4.69) is 27.8 Å². The summed E-state index contributed by atoms with van der Waals surface area (Å²) in [5, 5.41) is 2.52. The lowest BCUT2D eigenvalue weighted by Crippen LogP contribution is -2.65. The monoisotopic (exact) mass is 822 g/mol. The Kier molecular flexibility index (Phi) is 12.3. The Bertz CT molecular complexity index is 2120. The number of carbonyl (C=O) groups is 2. The van der Waals surface area contributed by atoms with Gasteiger partial charge in [-0.2, -0.15) is 0 Å². The first-order valence-electron chi connectivity index (χ1n) is 20.2. The number of hydrogen-bond acceptors (Lipinski definition) is 9. The topological polar surface area (TPSA) is 108 Å². The zero-order valence-corrected chi connectivity index (χ0v) is 34.0. The molecule has 4 fully saturated rings. The number of anilines is 2. The van der Waals surface area contributed by atoms with E-state index in [1.807, 2.05) is 0 Å². The minimum Gasteiger partial charge on any atom is -0.497 e. The summed E-state index contributed by atoms with van der Waals surface area (Å²) in [6, 6.07) is 14.6. The van der Waals surface area contributed by atoms with E-state index in [0.29, 0.717) is 19.5 Å². The van der Waals surface area contributed by atoms with Crippen LogP contribution < -0.4 is 15.0 Å². The Morgan fingerprint density at radius 2 is 1.69 bits per heavy atom. The molecule has 3 aromatic rings. The number of methoxy groups -OCH3 is 2. The third kappa shape index (κ3) is 8.51. The molecule has 0 unspecified atom stereocenters. The molecule has 3 atom stereocenters. The first kappa shape index (κ1) is 41.7. The summed E-state index contributed by atoms with van der Waals surface area (Å²) >= 11 is 0. The summed E-state index contributed by atoms with van der Waals surface area (Å²) in [5.41, 5.74) is -0.704. The summed E-state index contributed by atoms with van der Waals surface area (Å²) in [6.45, 7) is 7.59. The molecule has 3 aromatic carbocycles. The molecule has 1 amide bonds. The maximum atomic E-state index is 16.3. The van der Waals surface area contributed by atoms with Crippen LogP contribution in [-0.4, -0.2) is 102 Å². The smallest absolute Gasteiger partial charge is 0.305 e. The fourth-order valence-corrected chi connectivity index (χ4v) is 11.4. The van der Waals surface area contributed by atoms with Crippen molar-refractivity contribution in [3.63, 3.8) is 0 Å². The Balaban J connectivity index is 1.03. The summed E-state index contributed by atoms with van der Waals surface area (Å²) < 4.78 is 84.5. The van der Waals surface area contributed by atoms with Crippen molar-refractivity contribution in [3.05, 3.63) is 90.5 Å². The number of sulfone groups is 1. The standard InChI is InChI=1S/C44H53F3N4O6S/c1-4-41(52)48-34-22-35(56-2)24-37(23-34)58(54,55)36-12-13-40(39(46)25-36)51-27-43(47,28-51)26-50-18-14-31(15-19-50)44(29-49-16-7-17-49,32-9-6-10-33(45)21-32)38-11-5-8-30(38)20-42(53)57-3/h4,6,9-10,12-13,21-25,30-31,38H,1,5,7-8,11,14-20,26-29H2,2-3H3,(H,48,52)/t30-,38+,44+/m1/s1. The van der Waals surface area contributed by atoms with Crippen LogP contribution in [0.4, 0.5) is 24.5 Å². The number of halogens is 3. The highest BCUT2D eigenvalue weighted by molar-refractivity contribution is 7.91. The summed E-state index contributed by atoms with van der Waals surface area (Å²) in [6.07, 6.45) is 6.99. The van der Waals surface area contributed by atoms with Gasteiger partial charge >= 0.3 is 5.97 Å². The molecule has 3 heterocycles.